The summed E-state index contributed by atoms with van der Waals surface area (Å²) in [7, 11) is 0. The first-order valence-electron chi connectivity index (χ1n) is 4.89. The van der Waals surface area contributed by atoms with Gasteiger partial charge in [-0.25, -0.2) is 0 Å². The van der Waals surface area contributed by atoms with Gasteiger partial charge in [-0.2, -0.15) is 0 Å². The zero-order valence-corrected chi connectivity index (χ0v) is 8.68. The molecular formula is C10H21NO. The molecule has 0 saturated carbocycles. The summed E-state index contributed by atoms with van der Waals surface area (Å²) in [6, 6.07) is 0.373. The first kappa shape index (κ1) is 11.5. The lowest BCUT2D eigenvalue weighted by molar-refractivity contribution is -0.121. The molecule has 0 radical (unpaired) electrons. The Morgan fingerprint density at radius 2 is 1.92 bits per heavy atom. The summed E-state index contributed by atoms with van der Waals surface area (Å²) in [4.78, 5) is 11.1. The lowest BCUT2D eigenvalue weighted by Crippen LogP contribution is -2.34. The van der Waals surface area contributed by atoms with Crippen molar-refractivity contribution in [2.45, 2.75) is 53.0 Å². The number of hydrogen-bond donors (Lipinski definition) is 1. The second kappa shape index (κ2) is 6.04. The fourth-order valence-corrected chi connectivity index (χ4v) is 1.23. The SMILES string of the molecule is CCC(=O)NC(CC)CC(C)C. The van der Waals surface area contributed by atoms with E-state index in [0.717, 1.165) is 12.8 Å². The molecule has 1 atom stereocenters. The van der Waals surface area contributed by atoms with E-state index in [4.69, 9.17) is 0 Å². The molecule has 0 aliphatic heterocycles. The molecule has 0 aromatic carbocycles. The molecule has 12 heavy (non-hydrogen) atoms. The van der Waals surface area contributed by atoms with E-state index in [2.05, 4.69) is 26.1 Å². The summed E-state index contributed by atoms with van der Waals surface area (Å²) < 4.78 is 0. The molecule has 0 aliphatic rings. The smallest absolute Gasteiger partial charge is 0.219 e. The van der Waals surface area contributed by atoms with Gasteiger partial charge in [0, 0.05) is 12.5 Å². The average Bonchev–Trinajstić information content (AvgIpc) is 2.02. The molecule has 0 aromatic heterocycles. The highest BCUT2D eigenvalue weighted by atomic mass is 16.1. The molecular weight excluding hydrogens is 150 g/mol. The van der Waals surface area contributed by atoms with Crippen LogP contribution in [0.25, 0.3) is 0 Å². The standard InChI is InChI=1S/C10H21NO/c1-5-9(7-8(3)4)11-10(12)6-2/h8-9H,5-7H2,1-4H3,(H,11,12). The van der Waals surface area contributed by atoms with E-state index in [1.165, 1.54) is 0 Å². The molecule has 0 heterocycles. The van der Waals surface area contributed by atoms with Crippen molar-refractivity contribution in [1.82, 2.24) is 5.32 Å². The van der Waals surface area contributed by atoms with Crippen LogP contribution in [0.2, 0.25) is 0 Å². The van der Waals surface area contributed by atoms with Crippen LogP contribution in [0.1, 0.15) is 47.0 Å². The van der Waals surface area contributed by atoms with E-state index in [0.29, 0.717) is 18.4 Å². The summed E-state index contributed by atoms with van der Waals surface area (Å²) in [5.41, 5.74) is 0. The van der Waals surface area contributed by atoms with Crippen LogP contribution in [-0.4, -0.2) is 11.9 Å². The fraction of sp³-hybridized carbons (Fsp3) is 0.900. The van der Waals surface area contributed by atoms with Crippen molar-refractivity contribution in [2.75, 3.05) is 0 Å². The summed E-state index contributed by atoms with van der Waals surface area (Å²) in [6.45, 7) is 8.36. The van der Waals surface area contributed by atoms with E-state index in [9.17, 15) is 4.79 Å². The van der Waals surface area contributed by atoms with Crippen LogP contribution in [0.4, 0.5) is 0 Å². The van der Waals surface area contributed by atoms with Crippen LogP contribution in [0.3, 0.4) is 0 Å². The predicted molar refractivity (Wildman–Crippen MR) is 52.0 cm³/mol. The highest BCUT2D eigenvalue weighted by Gasteiger charge is 2.09. The Morgan fingerprint density at radius 1 is 1.33 bits per heavy atom. The molecule has 2 nitrogen and oxygen atoms in total. The molecule has 72 valence electrons. The predicted octanol–water partition coefficient (Wildman–Crippen LogP) is 2.34. The van der Waals surface area contributed by atoms with E-state index >= 15 is 0 Å². The second-order valence-corrected chi connectivity index (χ2v) is 3.66. The molecule has 0 saturated heterocycles. The topological polar surface area (TPSA) is 29.1 Å². The third-order valence-electron chi connectivity index (χ3n) is 1.93. The number of rotatable bonds is 5. The molecule has 1 N–H and O–H groups in total. The van der Waals surface area contributed by atoms with E-state index in [-0.39, 0.29) is 5.91 Å². The van der Waals surface area contributed by atoms with Crippen molar-refractivity contribution >= 4 is 5.91 Å². The van der Waals surface area contributed by atoms with Gasteiger partial charge in [0.05, 0.1) is 0 Å². The Labute approximate surface area is 75.7 Å². The maximum absolute atomic E-state index is 11.1. The van der Waals surface area contributed by atoms with Crippen molar-refractivity contribution in [3.05, 3.63) is 0 Å². The van der Waals surface area contributed by atoms with Gasteiger partial charge in [-0.05, 0) is 18.8 Å². The number of amides is 1. The Hall–Kier alpha value is -0.530. The van der Waals surface area contributed by atoms with Crippen molar-refractivity contribution in [3.63, 3.8) is 0 Å². The van der Waals surface area contributed by atoms with E-state index in [1.807, 2.05) is 6.92 Å². The Morgan fingerprint density at radius 3 is 2.25 bits per heavy atom. The molecule has 1 unspecified atom stereocenters. The van der Waals surface area contributed by atoms with Gasteiger partial charge in [0.15, 0.2) is 0 Å². The molecule has 0 bridgehead atoms. The molecule has 0 spiro atoms. The number of carbonyl (C=O) groups is 1. The first-order valence-corrected chi connectivity index (χ1v) is 4.89. The summed E-state index contributed by atoms with van der Waals surface area (Å²) in [6.07, 6.45) is 2.71. The minimum Gasteiger partial charge on any atom is -0.353 e. The average molecular weight is 171 g/mol. The molecule has 0 aromatic rings. The molecule has 1 amide bonds. The van der Waals surface area contributed by atoms with Gasteiger partial charge >= 0.3 is 0 Å². The monoisotopic (exact) mass is 171 g/mol. The lowest BCUT2D eigenvalue weighted by Gasteiger charge is -2.18. The highest BCUT2D eigenvalue weighted by Crippen LogP contribution is 2.07. The Balaban J connectivity index is 3.74. The molecule has 2 heteroatoms. The summed E-state index contributed by atoms with van der Waals surface area (Å²) >= 11 is 0. The van der Waals surface area contributed by atoms with Gasteiger partial charge in [-0.3, -0.25) is 4.79 Å². The van der Waals surface area contributed by atoms with E-state index < -0.39 is 0 Å². The van der Waals surface area contributed by atoms with Gasteiger partial charge in [0.25, 0.3) is 0 Å². The zero-order chi connectivity index (χ0) is 9.56. The number of hydrogen-bond acceptors (Lipinski definition) is 1. The lowest BCUT2D eigenvalue weighted by atomic mass is 10.0. The largest absolute Gasteiger partial charge is 0.353 e. The van der Waals surface area contributed by atoms with Crippen LogP contribution < -0.4 is 5.32 Å². The van der Waals surface area contributed by atoms with Crippen molar-refractivity contribution < 1.29 is 4.79 Å². The fourth-order valence-electron chi connectivity index (χ4n) is 1.23. The van der Waals surface area contributed by atoms with Crippen LogP contribution >= 0.6 is 0 Å². The summed E-state index contributed by atoms with van der Waals surface area (Å²) in [5, 5.41) is 3.01. The Kier molecular flexibility index (Phi) is 5.77. The minimum atomic E-state index is 0.169. The van der Waals surface area contributed by atoms with Crippen molar-refractivity contribution in [3.8, 4) is 0 Å². The number of nitrogens with one attached hydrogen (secondary N) is 1. The molecule has 0 aliphatic carbocycles. The molecule has 0 fully saturated rings. The minimum absolute atomic E-state index is 0.169. The second-order valence-electron chi connectivity index (χ2n) is 3.66. The van der Waals surface area contributed by atoms with Crippen LogP contribution in [0.5, 0.6) is 0 Å². The normalized spacial score (nSPS) is 13.1. The first-order chi connectivity index (χ1) is 5.60. The quantitative estimate of drug-likeness (QED) is 0.676. The third-order valence-corrected chi connectivity index (χ3v) is 1.93. The maximum Gasteiger partial charge on any atom is 0.219 e. The highest BCUT2D eigenvalue weighted by molar-refractivity contribution is 5.75. The van der Waals surface area contributed by atoms with E-state index in [1.54, 1.807) is 0 Å². The molecule has 0 rings (SSSR count). The Bertz CT molecular complexity index is 132. The van der Waals surface area contributed by atoms with Crippen molar-refractivity contribution in [2.24, 2.45) is 5.92 Å². The van der Waals surface area contributed by atoms with Crippen LogP contribution in [0, 0.1) is 5.92 Å². The van der Waals surface area contributed by atoms with Gasteiger partial charge in [0.1, 0.15) is 0 Å². The van der Waals surface area contributed by atoms with Crippen LogP contribution in [-0.2, 0) is 4.79 Å². The summed E-state index contributed by atoms with van der Waals surface area (Å²) in [5.74, 6) is 0.828. The third kappa shape index (κ3) is 5.16. The van der Waals surface area contributed by atoms with Gasteiger partial charge in [-0.1, -0.05) is 27.7 Å². The van der Waals surface area contributed by atoms with Gasteiger partial charge in [-0.15, -0.1) is 0 Å². The van der Waals surface area contributed by atoms with Gasteiger partial charge < -0.3 is 5.32 Å². The number of carbonyl (C=O) groups excluding carboxylic acids is 1. The van der Waals surface area contributed by atoms with Crippen molar-refractivity contribution in [1.29, 1.82) is 0 Å². The van der Waals surface area contributed by atoms with Crippen LogP contribution in [0.15, 0.2) is 0 Å². The van der Waals surface area contributed by atoms with Gasteiger partial charge in [0.2, 0.25) is 5.91 Å². The zero-order valence-electron chi connectivity index (χ0n) is 8.68. The maximum atomic E-state index is 11.1.